The topological polar surface area (TPSA) is 117 Å². The molecule has 1 aromatic heterocycles. The van der Waals surface area contributed by atoms with E-state index < -0.39 is 10.8 Å². The number of hydrogen-bond donors (Lipinski definition) is 3. The lowest BCUT2D eigenvalue weighted by Crippen LogP contribution is -2.24. The van der Waals surface area contributed by atoms with Gasteiger partial charge in [-0.05, 0) is 57.9 Å². The molecule has 9 heteroatoms. The monoisotopic (exact) mass is 465 g/mol. The van der Waals surface area contributed by atoms with Gasteiger partial charge in [0.25, 0.3) is 5.56 Å². The fourth-order valence-corrected chi connectivity index (χ4v) is 4.27. The second kappa shape index (κ2) is 9.99. The van der Waals surface area contributed by atoms with Gasteiger partial charge in [-0.3, -0.25) is 19.4 Å². The molecule has 2 amide bonds. The second-order valence-corrected chi connectivity index (χ2v) is 9.39. The van der Waals surface area contributed by atoms with Gasteiger partial charge in [0.15, 0.2) is 10.9 Å². The quantitative estimate of drug-likeness (QED) is 0.471. The van der Waals surface area contributed by atoms with Gasteiger partial charge in [-0.15, -0.1) is 10.2 Å². The fourth-order valence-electron chi connectivity index (χ4n) is 3.53. The average molecular weight is 466 g/mol. The highest BCUT2D eigenvalue weighted by Crippen LogP contribution is 2.27. The Morgan fingerprint density at radius 1 is 0.970 bits per heavy atom. The number of anilines is 2. The van der Waals surface area contributed by atoms with E-state index in [1.165, 1.54) is 6.92 Å². The van der Waals surface area contributed by atoms with Crippen LogP contribution in [0.3, 0.4) is 0 Å². The molecular weight excluding hydrogens is 438 g/mol. The summed E-state index contributed by atoms with van der Waals surface area (Å²) in [5.41, 5.74) is 5.40. The van der Waals surface area contributed by atoms with Crippen molar-refractivity contribution >= 4 is 35.0 Å². The van der Waals surface area contributed by atoms with Crippen molar-refractivity contribution in [2.24, 2.45) is 0 Å². The van der Waals surface area contributed by atoms with E-state index in [2.05, 4.69) is 25.8 Å². The summed E-state index contributed by atoms with van der Waals surface area (Å²) in [5.74, 6) is -0.455. The summed E-state index contributed by atoms with van der Waals surface area (Å²) in [6, 6.07) is 9.35. The zero-order chi connectivity index (χ0) is 24.3. The van der Waals surface area contributed by atoms with E-state index >= 15 is 0 Å². The number of rotatable bonds is 6. The molecule has 172 valence electrons. The third-order valence-electron chi connectivity index (χ3n) is 5.00. The molecule has 0 unspecified atom stereocenters. The van der Waals surface area contributed by atoms with Gasteiger partial charge in [0.2, 0.25) is 11.8 Å². The van der Waals surface area contributed by atoms with Crippen LogP contribution in [0, 0.1) is 27.7 Å². The van der Waals surface area contributed by atoms with Crippen LogP contribution in [0.4, 0.5) is 11.4 Å². The Morgan fingerprint density at radius 2 is 1.64 bits per heavy atom. The molecule has 8 nitrogen and oxygen atoms in total. The molecule has 3 aromatic rings. The van der Waals surface area contributed by atoms with Gasteiger partial charge in [0.05, 0.1) is 10.9 Å². The van der Waals surface area contributed by atoms with Crippen molar-refractivity contribution in [3.05, 3.63) is 62.9 Å². The molecular formula is C24H27N5O3S. The molecule has 0 bridgehead atoms. The Labute approximate surface area is 196 Å². The lowest BCUT2D eigenvalue weighted by molar-refractivity contribution is -0.115. The minimum atomic E-state index is -0.519. The fraction of sp³-hybridized carbons (Fsp3) is 0.292. The summed E-state index contributed by atoms with van der Waals surface area (Å²) < 4.78 is 0. The van der Waals surface area contributed by atoms with E-state index in [1.807, 2.05) is 45.9 Å². The maximum Gasteiger partial charge on any atom is 0.278 e. The first-order valence-corrected chi connectivity index (χ1v) is 11.3. The van der Waals surface area contributed by atoms with Gasteiger partial charge in [-0.2, -0.15) is 0 Å². The summed E-state index contributed by atoms with van der Waals surface area (Å²) in [6.45, 7) is 10.9. The number of benzene rings is 2. The number of aryl methyl sites for hydroxylation is 4. The summed E-state index contributed by atoms with van der Waals surface area (Å²) >= 11 is 1.11. The number of aromatic amines is 1. The number of aromatic nitrogens is 3. The van der Waals surface area contributed by atoms with E-state index in [0.717, 1.165) is 39.7 Å². The summed E-state index contributed by atoms with van der Waals surface area (Å²) in [7, 11) is 0. The van der Waals surface area contributed by atoms with Gasteiger partial charge in [-0.1, -0.05) is 41.1 Å². The second-order valence-electron chi connectivity index (χ2n) is 8.06. The Bertz CT molecular complexity index is 1260. The van der Waals surface area contributed by atoms with E-state index in [-0.39, 0.29) is 22.7 Å². The lowest BCUT2D eigenvalue weighted by atomic mass is 10.1. The standard InChI is InChI=1S/C24H27N5O3S/c1-12-7-8-19(25-17(6)30)18(11-12)21-23(32)27-24(29-28-21)33-16(5)22(31)26-20-14(3)9-13(2)10-15(20)4/h7-11,16H,1-6H3,(H,25,30)(H,26,31)(H,27,29,32)/t16-/m0/s1. The predicted molar refractivity (Wildman–Crippen MR) is 132 cm³/mol. The largest absolute Gasteiger partial charge is 0.326 e. The van der Waals surface area contributed by atoms with Crippen molar-refractivity contribution in [1.29, 1.82) is 0 Å². The van der Waals surface area contributed by atoms with E-state index in [0.29, 0.717) is 11.3 Å². The average Bonchev–Trinajstić information content (AvgIpc) is 2.71. The molecule has 0 aliphatic rings. The summed E-state index contributed by atoms with van der Waals surface area (Å²) in [6.07, 6.45) is 0. The molecule has 0 saturated heterocycles. The molecule has 1 atom stereocenters. The van der Waals surface area contributed by atoms with Crippen LogP contribution in [0.1, 0.15) is 36.1 Å². The first-order chi connectivity index (χ1) is 15.5. The van der Waals surface area contributed by atoms with Crippen LogP contribution in [-0.4, -0.2) is 32.2 Å². The Morgan fingerprint density at radius 3 is 2.24 bits per heavy atom. The van der Waals surface area contributed by atoms with Gasteiger partial charge < -0.3 is 10.6 Å². The molecule has 3 N–H and O–H groups in total. The van der Waals surface area contributed by atoms with Gasteiger partial charge in [-0.25, -0.2) is 0 Å². The van der Waals surface area contributed by atoms with Crippen molar-refractivity contribution in [3.63, 3.8) is 0 Å². The molecule has 0 aliphatic carbocycles. The normalized spacial score (nSPS) is 11.7. The Balaban J connectivity index is 1.80. The lowest BCUT2D eigenvalue weighted by Gasteiger charge is -2.16. The highest BCUT2D eigenvalue weighted by atomic mass is 32.2. The number of nitrogens with zero attached hydrogens (tertiary/aromatic N) is 2. The third kappa shape index (κ3) is 5.87. The van der Waals surface area contributed by atoms with Crippen LogP contribution < -0.4 is 16.2 Å². The van der Waals surface area contributed by atoms with E-state index in [4.69, 9.17) is 0 Å². The minimum absolute atomic E-state index is 0.0924. The zero-order valence-electron chi connectivity index (χ0n) is 19.5. The van der Waals surface area contributed by atoms with Gasteiger partial charge >= 0.3 is 0 Å². The molecule has 33 heavy (non-hydrogen) atoms. The Hall–Kier alpha value is -3.46. The van der Waals surface area contributed by atoms with Crippen molar-refractivity contribution in [2.45, 2.75) is 51.9 Å². The third-order valence-corrected chi connectivity index (χ3v) is 5.97. The number of thioether (sulfide) groups is 1. The molecule has 0 aliphatic heterocycles. The highest BCUT2D eigenvalue weighted by molar-refractivity contribution is 8.00. The van der Waals surface area contributed by atoms with Crippen molar-refractivity contribution < 1.29 is 9.59 Å². The van der Waals surface area contributed by atoms with Crippen LogP contribution >= 0.6 is 11.8 Å². The number of carbonyl (C=O) groups excluding carboxylic acids is 2. The van der Waals surface area contributed by atoms with Crippen molar-refractivity contribution in [1.82, 2.24) is 15.2 Å². The van der Waals surface area contributed by atoms with Gasteiger partial charge in [0, 0.05) is 18.2 Å². The van der Waals surface area contributed by atoms with Crippen LogP contribution in [0.25, 0.3) is 11.3 Å². The van der Waals surface area contributed by atoms with Crippen LogP contribution in [-0.2, 0) is 9.59 Å². The highest BCUT2D eigenvalue weighted by Gasteiger charge is 2.19. The van der Waals surface area contributed by atoms with Gasteiger partial charge in [0.1, 0.15) is 0 Å². The molecule has 3 rings (SSSR count). The van der Waals surface area contributed by atoms with Crippen LogP contribution in [0.15, 0.2) is 40.3 Å². The van der Waals surface area contributed by atoms with E-state index in [9.17, 15) is 14.4 Å². The summed E-state index contributed by atoms with van der Waals surface area (Å²) in [5, 5.41) is 13.6. The summed E-state index contributed by atoms with van der Waals surface area (Å²) in [4.78, 5) is 39.7. The molecule has 0 fully saturated rings. The smallest absolute Gasteiger partial charge is 0.278 e. The minimum Gasteiger partial charge on any atom is -0.326 e. The number of H-pyrrole nitrogens is 1. The van der Waals surface area contributed by atoms with Crippen molar-refractivity contribution in [3.8, 4) is 11.3 Å². The van der Waals surface area contributed by atoms with Crippen LogP contribution in [0.5, 0.6) is 0 Å². The number of hydrogen-bond acceptors (Lipinski definition) is 6. The number of carbonyl (C=O) groups is 2. The zero-order valence-corrected chi connectivity index (χ0v) is 20.3. The van der Waals surface area contributed by atoms with Crippen LogP contribution in [0.2, 0.25) is 0 Å². The number of amides is 2. The SMILES string of the molecule is CC(=O)Nc1ccc(C)cc1-c1nnc(S[C@@H](C)C(=O)Nc2c(C)cc(C)cc2C)[nH]c1=O. The molecule has 2 aromatic carbocycles. The molecule has 1 heterocycles. The first-order valence-electron chi connectivity index (χ1n) is 10.5. The molecule has 0 spiro atoms. The van der Waals surface area contributed by atoms with Crippen molar-refractivity contribution in [2.75, 3.05) is 10.6 Å². The first kappa shape index (κ1) is 24.2. The maximum absolute atomic E-state index is 12.8. The number of nitrogens with one attached hydrogen (secondary N) is 3. The predicted octanol–water partition coefficient (Wildman–Crippen LogP) is 4.14. The molecule has 0 radical (unpaired) electrons. The van der Waals surface area contributed by atoms with E-state index in [1.54, 1.807) is 19.1 Å². The Kier molecular flexibility index (Phi) is 7.33. The molecule has 0 saturated carbocycles. The maximum atomic E-state index is 12.8.